The van der Waals surface area contributed by atoms with E-state index in [1.807, 2.05) is 28.9 Å². The number of ether oxygens (including phenoxy) is 1. The summed E-state index contributed by atoms with van der Waals surface area (Å²) in [6, 6.07) is 7.57. The van der Waals surface area contributed by atoms with E-state index in [0.717, 1.165) is 40.9 Å². The number of hydrogen-bond acceptors (Lipinski definition) is 3. The first kappa shape index (κ1) is 16.0. The lowest BCUT2D eigenvalue weighted by Gasteiger charge is -2.15. The third kappa shape index (κ3) is 3.86. The van der Waals surface area contributed by atoms with Gasteiger partial charge >= 0.3 is 0 Å². The largest absolute Gasteiger partial charge is 0.494 e. The van der Waals surface area contributed by atoms with Crippen molar-refractivity contribution in [2.75, 3.05) is 6.61 Å². The maximum absolute atomic E-state index is 10.6. The molecule has 1 aromatic carbocycles. The second-order valence-electron chi connectivity index (χ2n) is 4.92. The van der Waals surface area contributed by atoms with Gasteiger partial charge in [-0.15, -0.1) is 0 Å². The fourth-order valence-electron chi connectivity index (χ4n) is 2.16. The van der Waals surface area contributed by atoms with E-state index in [4.69, 9.17) is 4.74 Å². The molecule has 2 aromatic rings. The van der Waals surface area contributed by atoms with E-state index in [0.29, 0.717) is 6.61 Å². The van der Waals surface area contributed by atoms with Gasteiger partial charge in [0.2, 0.25) is 0 Å². The van der Waals surface area contributed by atoms with Crippen LogP contribution in [0, 0.1) is 0 Å². The summed E-state index contributed by atoms with van der Waals surface area (Å²) >= 11 is 3.47. The van der Waals surface area contributed by atoms with Crippen LogP contribution in [0.2, 0.25) is 0 Å². The Bertz CT molecular complexity index is 566. The van der Waals surface area contributed by atoms with Crippen molar-refractivity contribution in [2.24, 2.45) is 0 Å². The molecule has 0 fully saturated rings. The number of aryl methyl sites for hydroxylation is 1. The molecule has 114 valence electrons. The number of nitrogens with zero attached hydrogens (tertiary/aromatic N) is 2. The molecule has 0 saturated carbocycles. The summed E-state index contributed by atoms with van der Waals surface area (Å²) < 4.78 is 8.23. The highest BCUT2D eigenvalue weighted by Gasteiger charge is 2.19. The van der Waals surface area contributed by atoms with Gasteiger partial charge in [-0.25, -0.2) is 0 Å². The summed E-state index contributed by atoms with van der Waals surface area (Å²) in [6.07, 6.45) is 2.98. The lowest BCUT2D eigenvalue weighted by Crippen LogP contribution is -2.10. The van der Waals surface area contributed by atoms with Crippen LogP contribution in [0.3, 0.4) is 0 Å². The molecule has 0 bridgehead atoms. The summed E-state index contributed by atoms with van der Waals surface area (Å²) in [4.78, 5) is 0. The molecule has 21 heavy (non-hydrogen) atoms. The highest BCUT2D eigenvalue weighted by molar-refractivity contribution is 9.10. The summed E-state index contributed by atoms with van der Waals surface area (Å²) in [5.41, 5.74) is 1.62. The number of rotatable bonds is 7. The number of aliphatic hydroxyl groups excluding tert-OH is 1. The predicted octanol–water partition coefficient (Wildman–Crippen LogP) is 3.93. The van der Waals surface area contributed by atoms with Gasteiger partial charge in [-0.1, -0.05) is 26.0 Å². The predicted molar refractivity (Wildman–Crippen MR) is 86.5 cm³/mol. The van der Waals surface area contributed by atoms with Crippen molar-refractivity contribution in [3.8, 4) is 5.75 Å². The molecule has 1 unspecified atom stereocenters. The van der Waals surface area contributed by atoms with Crippen LogP contribution in [-0.2, 0) is 6.54 Å². The standard InChI is InChI=1S/C16H21BrN2O2/c1-3-9-19-15(14(17)11-18-19)16(20)12-5-7-13(8-6-12)21-10-4-2/h5-8,11,16,20H,3-4,9-10H2,1-2H3. The van der Waals surface area contributed by atoms with E-state index >= 15 is 0 Å². The number of aromatic nitrogens is 2. The molecule has 1 N–H and O–H groups in total. The van der Waals surface area contributed by atoms with E-state index in [-0.39, 0.29) is 0 Å². The molecule has 4 nitrogen and oxygen atoms in total. The Hall–Kier alpha value is -1.33. The van der Waals surface area contributed by atoms with Gasteiger partial charge in [0, 0.05) is 6.54 Å². The Morgan fingerprint density at radius 3 is 2.57 bits per heavy atom. The number of halogens is 1. The van der Waals surface area contributed by atoms with Crippen molar-refractivity contribution in [2.45, 2.75) is 39.3 Å². The van der Waals surface area contributed by atoms with Crippen molar-refractivity contribution in [1.29, 1.82) is 0 Å². The van der Waals surface area contributed by atoms with E-state index in [1.54, 1.807) is 6.20 Å². The zero-order valence-corrected chi connectivity index (χ0v) is 14.0. The van der Waals surface area contributed by atoms with E-state index in [1.165, 1.54) is 0 Å². The molecule has 0 aliphatic rings. The maximum Gasteiger partial charge on any atom is 0.122 e. The zero-order chi connectivity index (χ0) is 15.2. The van der Waals surface area contributed by atoms with Gasteiger partial charge in [-0.2, -0.15) is 5.10 Å². The number of hydrogen-bond donors (Lipinski definition) is 1. The summed E-state index contributed by atoms with van der Waals surface area (Å²) in [6.45, 7) is 5.66. The molecule has 0 aliphatic carbocycles. The van der Waals surface area contributed by atoms with E-state index in [2.05, 4.69) is 34.9 Å². The van der Waals surface area contributed by atoms with Crippen molar-refractivity contribution in [3.05, 3.63) is 46.2 Å². The van der Waals surface area contributed by atoms with Crippen molar-refractivity contribution >= 4 is 15.9 Å². The third-order valence-corrected chi connectivity index (χ3v) is 3.81. The minimum absolute atomic E-state index is 0.700. The van der Waals surface area contributed by atoms with Crippen LogP contribution in [0.1, 0.15) is 44.1 Å². The van der Waals surface area contributed by atoms with Crippen LogP contribution in [0.5, 0.6) is 5.75 Å². The van der Waals surface area contributed by atoms with Crippen LogP contribution in [-0.4, -0.2) is 21.5 Å². The molecule has 0 radical (unpaired) electrons. The van der Waals surface area contributed by atoms with Gasteiger partial charge in [0.1, 0.15) is 11.9 Å². The average molecular weight is 353 g/mol. The lowest BCUT2D eigenvalue weighted by atomic mass is 10.1. The topological polar surface area (TPSA) is 47.3 Å². The number of benzene rings is 1. The van der Waals surface area contributed by atoms with Gasteiger partial charge in [0.15, 0.2) is 0 Å². The molecule has 0 amide bonds. The van der Waals surface area contributed by atoms with Gasteiger partial charge in [0.05, 0.1) is 23.0 Å². The van der Waals surface area contributed by atoms with E-state index in [9.17, 15) is 5.11 Å². The average Bonchev–Trinajstić information content (AvgIpc) is 2.86. The first-order chi connectivity index (χ1) is 10.2. The molecule has 1 atom stereocenters. The van der Waals surface area contributed by atoms with Crippen LogP contribution < -0.4 is 4.74 Å². The molecule has 1 aromatic heterocycles. The van der Waals surface area contributed by atoms with E-state index < -0.39 is 6.10 Å². The Balaban J connectivity index is 2.19. The van der Waals surface area contributed by atoms with Gasteiger partial charge in [0.25, 0.3) is 0 Å². The monoisotopic (exact) mass is 352 g/mol. The second kappa shape index (κ2) is 7.61. The van der Waals surface area contributed by atoms with Crippen molar-refractivity contribution in [3.63, 3.8) is 0 Å². The summed E-state index contributed by atoms with van der Waals surface area (Å²) in [7, 11) is 0. The quantitative estimate of drug-likeness (QED) is 0.821. The van der Waals surface area contributed by atoms with Crippen LogP contribution in [0.4, 0.5) is 0 Å². The first-order valence-electron chi connectivity index (χ1n) is 7.29. The summed E-state index contributed by atoms with van der Waals surface area (Å²) in [5, 5.41) is 14.9. The van der Waals surface area contributed by atoms with Gasteiger partial charge in [-0.3, -0.25) is 4.68 Å². The fourth-order valence-corrected chi connectivity index (χ4v) is 2.67. The van der Waals surface area contributed by atoms with Gasteiger partial charge < -0.3 is 9.84 Å². The van der Waals surface area contributed by atoms with Crippen LogP contribution >= 0.6 is 15.9 Å². The molecular formula is C16H21BrN2O2. The normalized spacial score (nSPS) is 12.4. The van der Waals surface area contributed by atoms with Crippen molar-refractivity contribution in [1.82, 2.24) is 9.78 Å². The number of aliphatic hydroxyl groups is 1. The molecule has 5 heteroatoms. The molecule has 2 rings (SSSR count). The molecule has 1 heterocycles. The Labute approximate surface area is 133 Å². The lowest BCUT2D eigenvalue weighted by molar-refractivity contribution is 0.206. The highest BCUT2D eigenvalue weighted by Crippen LogP contribution is 2.29. The van der Waals surface area contributed by atoms with Crippen molar-refractivity contribution < 1.29 is 9.84 Å². The minimum Gasteiger partial charge on any atom is -0.494 e. The van der Waals surface area contributed by atoms with Crippen LogP contribution in [0.15, 0.2) is 34.9 Å². The molecule has 0 spiro atoms. The molecule has 0 saturated heterocycles. The Kier molecular flexibility index (Phi) is 5.82. The summed E-state index contributed by atoms with van der Waals surface area (Å²) in [5.74, 6) is 0.828. The smallest absolute Gasteiger partial charge is 0.122 e. The maximum atomic E-state index is 10.6. The Morgan fingerprint density at radius 1 is 1.24 bits per heavy atom. The third-order valence-electron chi connectivity index (χ3n) is 3.20. The molecular weight excluding hydrogens is 332 g/mol. The SMILES string of the molecule is CCCOc1ccc(C(O)c2c(Br)cnn2CCC)cc1. The first-order valence-corrected chi connectivity index (χ1v) is 8.08. The van der Waals surface area contributed by atoms with Gasteiger partial charge in [-0.05, 0) is 46.5 Å². The Morgan fingerprint density at radius 2 is 1.95 bits per heavy atom. The zero-order valence-electron chi connectivity index (χ0n) is 12.4. The minimum atomic E-state index is -0.700. The molecule has 0 aliphatic heterocycles. The second-order valence-corrected chi connectivity index (χ2v) is 5.78. The van der Waals surface area contributed by atoms with Crippen LogP contribution in [0.25, 0.3) is 0 Å². The highest BCUT2D eigenvalue weighted by atomic mass is 79.9. The fraction of sp³-hybridized carbons (Fsp3) is 0.438.